The minimum Gasteiger partial charge on any atom is -0.492 e. The molecule has 4 rings (SSSR count). The van der Waals surface area contributed by atoms with Crippen LogP contribution in [0.4, 0.5) is 4.39 Å². The third kappa shape index (κ3) is 5.40. The van der Waals surface area contributed by atoms with Crippen molar-refractivity contribution in [3.8, 4) is 17.1 Å². The Morgan fingerprint density at radius 3 is 2.94 bits per heavy atom. The molecule has 6 nitrogen and oxygen atoms in total. The van der Waals surface area contributed by atoms with Gasteiger partial charge in [-0.1, -0.05) is 46.6 Å². The van der Waals surface area contributed by atoms with E-state index in [1.807, 2.05) is 4.90 Å². The van der Waals surface area contributed by atoms with E-state index in [-0.39, 0.29) is 17.6 Å². The number of hydrogen-bond acceptors (Lipinski definition) is 5. The lowest BCUT2D eigenvalue weighted by atomic mass is 9.97. The number of hydrogen-bond donors (Lipinski definition) is 0. The maximum atomic E-state index is 13.5. The summed E-state index contributed by atoms with van der Waals surface area (Å²) < 4.78 is 24.5. The molecule has 2 aromatic carbocycles. The largest absolute Gasteiger partial charge is 0.492 e. The van der Waals surface area contributed by atoms with Crippen molar-refractivity contribution in [2.24, 2.45) is 0 Å². The Hall–Kier alpha value is -2.64. The molecule has 3 aromatic rings. The molecule has 1 aliphatic heterocycles. The second-order valence-electron chi connectivity index (χ2n) is 7.65. The van der Waals surface area contributed by atoms with Crippen LogP contribution in [-0.4, -0.2) is 40.6 Å². The number of benzene rings is 2. The van der Waals surface area contributed by atoms with Crippen molar-refractivity contribution in [3.63, 3.8) is 0 Å². The van der Waals surface area contributed by atoms with E-state index in [1.54, 1.807) is 30.3 Å². The Balaban J connectivity index is 1.29. The van der Waals surface area contributed by atoms with Gasteiger partial charge in [0.05, 0.1) is 17.5 Å². The number of carbonyl (C=O) groups is 1. The van der Waals surface area contributed by atoms with E-state index in [1.165, 1.54) is 12.1 Å². The molecule has 1 amide bonds. The van der Waals surface area contributed by atoms with Crippen LogP contribution < -0.4 is 4.74 Å². The molecule has 0 radical (unpaired) electrons. The van der Waals surface area contributed by atoms with Crippen molar-refractivity contribution in [3.05, 3.63) is 64.2 Å². The van der Waals surface area contributed by atoms with E-state index in [0.717, 1.165) is 12.8 Å². The molecule has 2 heterocycles. The Kier molecular flexibility index (Phi) is 7.27. The number of rotatable bonds is 7. The van der Waals surface area contributed by atoms with Crippen LogP contribution in [0.5, 0.6) is 5.75 Å². The smallest absolute Gasteiger partial charge is 0.231 e. The molecule has 1 aromatic heterocycles. The average Bonchev–Trinajstić information content (AvgIpc) is 3.30. The molecule has 1 atom stereocenters. The summed E-state index contributed by atoms with van der Waals surface area (Å²) in [6.07, 6.45) is 2.63. The molecule has 9 heteroatoms. The summed E-state index contributed by atoms with van der Waals surface area (Å²) in [5.41, 5.74) is 0.559. The Morgan fingerprint density at radius 1 is 1.25 bits per heavy atom. The van der Waals surface area contributed by atoms with Gasteiger partial charge < -0.3 is 14.2 Å². The van der Waals surface area contributed by atoms with Crippen LogP contribution in [0.25, 0.3) is 11.4 Å². The van der Waals surface area contributed by atoms with Gasteiger partial charge in [-0.15, -0.1) is 0 Å². The van der Waals surface area contributed by atoms with Gasteiger partial charge in [0, 0.05) is 25.1 Å². The van der Waals surface area contributed by atoms with Gasteiger partial charge in [-0.05, 0) is 43.5 Å². The maximum absolute atomic E-state index is 13.5. The summed E-state index contributed by atoms with van der Waals surface area (Å²) in [6.45, 7) is 1.58. The van der Waals surface area contributed by atoms with Crippen LogP contribution in [0, 0.1) is 5.82 Å². The Labute approximate surface area is 195 Å². The van der Waals surface area contributed by atoms with Gasteiger partial charge in [-0.25, -0.2) is 4.39 Å². The van der Waals surface area contributed by atoms with Crippen molar-refractivity contribution < 1.29 is 18.4 Å². The molecular formula is C23H22Cl2FN3O3. The lowest BCUT2D eigenvalue weighted by molar-refractivity contribution is -0.132. The van der Waals surface area contributed by atoms with Crippen molar-refractivity contribution in [2.45, 2.75) is 31.6 Å². The molecule has 0 bridgehead atoms. The zero-order chi connectivity index (χ0) is 22.5. The van der Waals surface area contributed by atoms with Crippen molar-refractivity contribution in [1.82, 2.24) is 15.0 Å². The zero-order valence-corrected chi connectivity index (χ0v) is 18.8. The van der Waals surface area contributed by atoms with E-state index in [2.05, 4.69) is 10.1 Å². The third-order valence-electron chi connectivity index (χ3n) is 5.36. The van der Waals surface area contributed by atoms with E-state index in [0.29, 0.717) is 65.6 Å². The molecule has 168 valence electrons. The summed E-state index contributed by atoms with van der Waals surface area (Å²) in [7, 11) is 0. The van der Waals surface area contributed by atoms with Gasteiger partial charge in [0.1, 0.15) is 16.6 Å². The molecule has 0 spiro atoms. The fourth-order valence-corrected chi connectivity index (χ4v) is 4.06. The second kappa shape index (κ2) is 10.3. The van der Waals surface area contributed by atoms with Gasteiger partial charge in [0.2, 0.25) is 17.6 Å². The molecular weight excluding hydrogens is 456 g/mol. The highest BCUT2D eigenvalue weighted by atomic mass is 35.5. The lowest BCUT2D eigenvalue weighted by Gasteiger charge is -2.31. The highest BCUT2D eigenvalue weighted by Crippen LogP contribution is 2.32. The van der Waals surface area contributed by atoms with Crippen LogP contribution in [-0.2, 0) is 4.79 Å². The predicted octanol–water partition coefficient (Wildman–Crippen LogP) is 5.75. The second-order valence-corrected chi connectivity index (χ2v) is 8.43. The first-order valence-electron chi connectivity index (χ1n) is 10.5. The fourth-order valence-electron chi connectivity index (χ4n) is 3.71. The van der Waals surface area contributed by atoms with Crippen LogP contribution in [0.3, 0.4) is 0 Å². The molecule has 32 heavy (non-hydrogen) atoms. The van der Waals surface area contributed by atoms with E-state index >= 15 is 0 Å². The number of likely N-dealkylation sites (tertiary alicyclic amines) is 1. The Morgan fingerprint density at radius 2 is 2.09 bits per heavy atom. The molecule has 0 N–H and O–H groups in total. The quantitative estimate of drug-likeness (QED) is 0.405. The summed E-state index contributed by atoms with van der Waals surface area (Å²) in [4.78, 5) is 19.0. The van der Waals surface area contributed by atoms with Crippen LogP contribution in [0.2, 0.25) is 10.0 Å². The summed E-state index contributed by atoms with van der Waals surface area (Å²) in [5, 5.41) is 4.79. The predicted molar refractivity (Wildman–Crippen MR) is 119 cm³/mol. The molecule has 0 aliphatic carbocycles. The minimum absolute atomic E-state index is 0.0379. The average molecular weight is 478 g/mol. The molecule has 0 saturated carbocycles. The van der Waals surface area contributed by atoms with Gasteiger partial charge in [-0.3, -0.25) is 4.79 Å². The first-order chi connectivity index (χ1) is 15.5. The number of ether oxygens (including phenoxy) is 1. The normalized spacial score (nSPS) is 16.2. The first-order valence-corrected chi connectivity index (χ1v) is 11.2. The monoisotopic (exact) mass is 477 g/mol. The SMILES string of the molecule is O=C(CCCOc1cccc(Cl)c1Cl)N1CCCC(c2nc(-c3cccc(F)c3)no2)C1. The third-order valence-corrected chi connectivity index (χ3v) is 6.16. The fraction of sp³-hybridized carbons (Fsp3) is 0.348. The van der Waals surface area contributed by atoms with Crippen LogP contribution >= 0.6 is 23.2 Å². The van der Waals surface area contributed by atoms with Crippen molar-refractivity contribution in [1.29, 1.82) is 0 Å². The molecule has 1 fully saturated rings. The Bertz CT molecular complexity index is 1090. The number of aromatic nitrogens is 2. The van der Waals surface area contributed by atoms with Gasteiger partial charge in [0.15, 0.2) is 0 Å². The van der Waals surface area contributed by atoms with Gasteiger partial charge in [-0.2, -0.15) is 4.98 Å². The first kappa shape index (κ1) is 22.6. The number of carbonyl (C=O) groups excluding carboxylic acids is 1. The number of amides is 1. The molecule has 1 saturated heterocycles. The minimum atomic E-state index is -0.357. The van der Waals surface area contributed by atoms with Crippen molar-refractivity contribution in [2.75, 3.05) is 19.7 Å². The zero-order valence-electron chi connectivity index (χ0n) is 17.3. The number of piperidine rings is 1. The van der Waals surface area contributed by atoms with Crippen LogP contribution in [0.15, 0.2) is 47.0 Å². The van der Waals surface area contributed by atoms with Crippen molar-refractivity contribution >= 4 is 29.1 Å². The summed E-state index contributed by atoms with van der Waals surface area (Å²) >= 11 is 12.1. The highest BCUT2D eigenvalue weighted by Gasteiger charge is 2.28. The van der Waals surface area contributed by atoms with Crippen LogP contribution in [0.1, 0.15) is 37.5 Å². The summed E-state index contributed by atoms with van der Waals surface area (Å²) in [6, 6.07) is 11.3. The lowest BCUT2D eigenvalue weighted by Crippen LogP contribution is -2.39. The topological polar surface area (TPSA) is 68.5 Å². The highest BCUT2D eigenvalue weighted by molar-refractivity contribution is 6.42. The number of nitrogens with zero attached hydrogens (tertiary/aromatic N) is 3. The van der Waals surface area contributed by atoms with E-state index in [4.69, 9.17) is 32.5 Å². The molecule has 1 unspecified atom stereocenters. The van der Waals surface area contributed by atoms with Gasteiger partial charge >= 0.3 is 0 Å². The number of halogens is 3. The molecule has 1 aliphatic rings. The van der Waals surface area contributed by atoms with E-state index in [9.17, 15) is 9.18 Å². The van der Waals surface area contributed by atoms with Gasteiger partial charge in [0.25, 0.3) is 0 Å². The summed E-state index contributed by atoms with van der Waals surface area (Å²) in [5.74, 6) is 0.991. The van der Waals surface area contributed by atoms with E-state index < -0.39 is 0 Å². The standard InChI is InChI=1S/C23H22Cl2FN3O3/c24-18-8-2-9-19(21(18)25)31-12-4-10-20(30)29-11-3-6-16(14-29)23-27-22(28-32-23)15-5-1-7-17(26)13-15/h1-2,5,7-9,13,16H,3-4,6,10-12,14H2. The maximum Gasteiger partial charge on any atom is 0.231 e.